The van der Waals surface area contributed by atoms with Crippen molar-refractivity contribution in [3.8, 4) is 0 Å². The van der Waals surface area contributed by atoms with E-state index in [1.165, 1.54) is 0 Å². The number of carbonyl (C=O) groups excluding carboxylic acids is 2. The van der Waals surface area contributed by atoms with Gasteiger partial charge >= 0.3 is 12.0 Å². The van der Waals surface area contributed by atoms with Crippen molar-refractivity contribution in [2.24, 2.45) is 5.92 Å². The predicted octanol–water partition coefficient (Wildman–Crippen LogP) is 0.407. The van der Waals surface area contributed by atoms with Gasteiger partial charge in [0.25, 0.3) is 0 Å². The molecule has 114 valence electrons. The van der Waals surface area contributed by atoms with Gasteiger partial charge < -0.3 is 15.7 Å². The molecule has 0 radical (unpaired) electrons. The first-order chi connectivity index (χ1) is 9.41. The summed E-state index contributed by atoms with van der Waals surface area (Å²) >= 11 is 0. The van der Waals surface area contributed by atoms with E-state index in [2.05, 4.69) is 24.5 Å². The van der Waals surface area contributed by atoms with Gasteiger partial charge in [-0.3, -0.25) is 9.69 Å². The molecule has 20 heavy (non-hydrogen) atoms. The Morgan fingerprint density at radius 1 is 1.45 bits per heavy atom. The zero-order valence-corrected chi connectivity index (χ0v) is 12.0. The SMILES string of the molecule is CC(C)CCCCNC(=O)N1CC(=O)NCC1C(=O)O. The van der Waals surface area contributed by atoms with E-state index in [4.69, 9.17) is 5.11 Å². The number of hydrogen-bond donors (Lipinski definition) is 3. The molecule has 0 bridgehead atoms. The van der Waals surface area contributed by atoms with Crippen molar-refractivity contribution >= 4 is 17.9 Å². The minimum Gasteiger partial charge on any atom is -0.480 e. The molecule has 1 atom stereocenters. The number of carbonyl (C=O) groups is 3. The molecule has 7 heteroatoms. The quantitative estimate of drug-likeness (QED) is 0.615. The molecule has 1 heterocycles. The minimum atomic E-state index is -1.11. The van der Waals surface area contributed by atoms with Gasteiger partial charge in [-0.15, -0.1) is 0 Å². The van der Waals surface area contributed by atoms with Crippen LogP contribution in [0.5, 0.6) is 0 Å². The topological polar surface area (TPSA) is 98.7 Å². The lowest BCUT2D eigenvalue weighted by Crippen LogP contribution is -2.61. The average Bonchev–Trinajstić information content (AvgIpc) is 2.37. The normalized spacial score (nSPS) is 18.9. The molecule has 1 fully saturated rings. The first-order valence-electron chi connectivity index (χ1n) is 6.95. The lowest BCUT2D eigenvalue weighted by molar-refractivity contribution is -0.144. The molecule has 3 N–H and O–H groups in total. The van der Waals surface area contributed by atoms with Gasteiger partial charge in [0, 0.05) is 13.1 Å². The number of nitrogens with zero attached hydrogens (tertiary/aromatic N) is 1. The van der Waals surface area contributed by atoms with Gasteiger partial charge in [0.05, 0.1) is 0 Å². The fourth-order valence-electron chi connectivity index (χ4n) is 2.05. The second-order valence-corrected chi connectivity index (χ2v) is 5.41. The molecular formula is C13H23N3O4. The number of unbranched alkanes of at least 4 members (excludes halogenated alkanes) is 1. The molecule has 1 rings (SSSR count). The number of aliphatic carboxylic acids is 1. The monoisotopic (exact) mass is 285 g/mol. The zero-order valence-electron chi connectivity index (χ0n) is 12.0. The molecule has 1 aliphatic heterocycles. The summed E-state index contributed by atoms with van der Waals surface area (Å²) in [5, 5.41) is 14.2. The summed E-state index contributed by atoms with van der Waals surface area (Å²) in [5.74, 6) is -0.815. The van der Waals surface area contributed by atoms with Gasteiger partial charge in [0.2, 0.25) is 5.91 Å². The van der Waals surface area contributed by atoms with Crippen molar-refractivity contribution in [1.29, 1.82) is 0 Å². The van der Waals surface area contributed by atoms with Crippen LogP contribution >= 0.6 is 0 Å². The van der Waals surface area contributed by atoms with Gasteiger partial charge in [-0.05, 0) is 12.3 Å². The van der Waals surface area contributed by atoms with Crippen LogP contribution in [0.4, 0.5) is 4.79 Å². The second-order valence-electron chi connectivity index (χ2n) is 5.41. The van der Waals surface area contributed by atoms with E-state index >= 15 is 0 Å². The van der Waals surface area contributed by atoms with Gasteiger partial charge in [-0.2, -0.15) is 0 Å². The van der Waals surface area contributed by atoms with Crippen molar-refractivity contribution in [3.05, 3.63) is 0 Å². The highest BCUT2D eigenvalue weighted by Crippen LogP contribution is 2.07. The number of nitrogens with one attached hydrogen (secondary N) is 2. The third-order valence-electron chi connectivity index (χ3n) is 3.21. The van der Waals surface area contributed by atoms with Crippen LogP contribution in [0.2, 0.25) is 0 Å². The van der Waals surface area contributed by atoms with E-state index in [-0.39, 0.29) is 19.0 Å². The molecule has 7 nitrogen and oxygen atoms in total. The Morgan fingerprint density at radius 3 is 2.75 bits per heavy atom. The molecule has 0 saturated carbocycles. The summed E-state index contributed by atoms with van der Waals surface area (Å²) in [6, 6.07) is -1.49. The maximum absolute atomic E-state index is 11.9. The molecule has 1 unspecified atom stereocenters. The minimum absolute atomic E-state index is 0.0467. The summed E-state index contributed by atoms with van der Waals surface area (Å²) in [7, 11) is 0. The smallest absolute Gasteiger partial charge is 0.328 e. The molecular weight excluding hydrogens is 262 g/mol. The first kappa shape index (κ1) is 16.3. The van der Waals surface area contributed by atoms with E-state index in [1.807, 2.05) is 0 Å². The zero-order chi connectivity index (χ0) is 15.1. The molecule has 0 aromatic carbocycles. The highest BCUT2D eigenvalue weighted by Gasteiger charge is 2.34. The molecule has 0 aliphatic carbocycles. The third-order valence-corrected chi connectivity index (χ3v) is 3.21. The van der Waals surface area contributed by atoms with Crippen molar-refractivity contribution in [3.63, 3.8) is 0 Å². The van der Waals surface area contributed by atoms with Crippen molar-refractivity contribution in [1.82, 2.24) is 15.5 Å². The Hall–Kier alpha value is -1.79. The van der Waals surface area contributed by atoms with E-state index in [0.29, 0.717) is 12.5 Å². The number of carboxylic acids is 1. The first-order valence-corrected chi connectivity index (χ1v) is 6.95. The third kappa shape index (κ3) is 5.07. The number of hydrogen-bond acceptors (Lipinski definition) is 3. The van der Waals surface area contributed by atoms with Crippen molar-refractivity contribution < 1.29 is 19.5 Å². The van der Waals surface area contributed by atoms with Crippen LogP contribution in [0.15, 0.2) is 0 Å². The van der Waals surface area contributed by atoms with Gasteiger partial charge in [0.15, 0.2) is 0 Å². The highest BCUT2D eigenvalue weighted by atomic mass is 16.4. The standard InChI is InChI=1S/C13H23N3O4/c1-9(2)5-3-4-6-14-13(20)16-8-11(17)15-7-10(16)12(18)19/h9-10H,3-8H2,1-2H3,(H,14,20)(H,15,17)(H,18,19). The van der Waals surface area contributed by atoms with Crippen molar-refractivity contribution in [2.75, 3.05) is 19.6 Å². The van der Waals surface area contributed by atoms with E-state index < -0.39 is 18.0 Å². The Kier molecular flexibility index (Phi) is 6.27. The van der Waals surface area contributed by atoms with Gasteiger partial charge in [0.1, 0.15) is 12.6 Å². The lowest BCUT2D eigenvalue weighted by atomic mass is 10.1. The van der Waals surface area contributed by atoms with E-state index in [9.17, 15) is 14.4 Å². The molecule has 0 spiro atoms. The highest BCUT2D eigenvalue weighted by molar-refractivity contribution is 5.90. The fourth-order valence-corrected chi connectivity index (χ4v) is 2.05. The number of amides is 3. The second kappa shape index (κ2) is 7.72. The van der Waals surface area contributed by atoms with Crippen LogP contribution in [0.1, 0.15) is 33.1 Å². The average molecular weight is 285 g/mol. The van der Waals surface area contributed by atoms with Gasteiger partial charge in [-0.25, -0.2) is 9.59 Å². The Morgan fingerprint density at radius 2 is 2.15 bits per heavy atom. The Balaban J connectivity index is 2.39. The largest absolute Gasteiger partial charge is 0.480 e. The van der Waals surface area contributed by atoms with Crippen molar-refractivity contribution in [2.45, 2.75) is 39.2 Å². The van der Waals surface area contributed by atoms with E-state index in [0.717, 1.165) is 24.2 Å². The Labute approximate surface area is 118 Å². The van der Waals surface area contributed by atoms with Crippen LogP contribution in [0.25, 0.3) is 0 Å². The number of carboxylic acid groups (broad SMARTS) is 1. The summed E-state index contributed by atoms with van der Waals surface area (Å²) in [6.07, 6.45) is 2.96. The fraction of sp³-hybridized carbons (Fsp3) is 0.769. The summed E-state index contributed by atoms with van der Waals surface area (Å²) in [5.41, 5.74) is 0. The van der Waals surface area contributed by atoms with Crippen LogP contribution < -0.4 is 10.6 Å². The molecule has 1 saturated heterocycles. The Bertz CT molecular complexity index is 371. The molecule has 0 aromatic rings. The van der Waals surface area contributed by atoms with Crippen LogP contribution in [-0.4, -0.2) is 53.6 Å². The molecule has 0 aromatic heterocycles. The summed E-state index contributed by atoms with van der Waals surface area (Å²) < 4.78 is 0. The van der Waals surface area contributed by atoms with Gasteiger partial charge in [-0.1, -0.05) is 26.7 Å². The van der Waals surface area contributed by atoms with Crippen LogP contribution in [0, 0.1) is 5.92 Å². The van der Waals surface area contributed by atoms with E-state index in [1.54, 1.807) is 0 Å². The maximum Gasteiger partial charge on any atom is 0.328 e. The van der Waals surface area contributed by atoms with Crippen LogP contribution in [-0.2, 0) is 9.59 Å². The molecule has 1 aliphatic rings. The predicted molar refractivity (Wildman–Crippen MR) is 73.2 cm³/mol. The summed E-state index contributed by atoms with van der Waals surface area (Å²) in [6.45, 7) is 4.52. The lowest BCUT2D eigenvalue weighted by Gasteiger charge is -2.32. The number of urea groups is 1. The maximum atomic E-state index is 11.9. The summed E-state index contributed by atoms with van der Waals surface area (Å²) in [4.78, 5) is 35.3. The number of piperazine rings is 1. The van der Waals surface area contributed by atoms with Crippen LogP contribution in [0.3, 0.4) is 0 Å². The molecule has 3 amide bonds. The number of rotatable bonds is 6.